The number of hydrogen-bond donors (Lipinski definition) is 0. The van der Waals surface area contributed by atoms with Crippen LogP contribution in [0.3, 0.4) is 0 Å². The maximum Gasteiger partial charge on any atom is 0.217 e. The molecule has 1 heterocycles. The highest BCUT2D eigenvalue weighted by atomic mass is 16.7. The highest BCUT2D eigenvalue weighted by molar-refractivity contribution is 5.53. The number of hydrogen-bond acceptors (Lipinski definition) is 4. The lowest BCUT2D eigenvalue weighted by Crippen LogP contribution is -2.14. The molecule has 1 rings (SSSR count). The Morgan fingerprint density at radius 3 is 2.56 bits per heavy atom. The quantitative estimate of drug-likeness (QED) is 0.518. The van der Waals surface area contributed by atoms with E-state index in [-0.39, 0.29) is 0 Å². The Morgan fingerprint density at radius 2 is 2.06 bits per heavy atom. The molecule has 0 atom stereocenters. The van der Waals surface area contributed by atoms with Gasteiger partial charge in [-0.2, -0.15) is 0 Å². The monoisotopic (exact) mass is 226 g/mol. The van der Waals surface area contributed by atoms with E-state index in [4.69, 9.17) is 9.47 Å². The van der Waals surface area contributed by atoms with Crippen LogP contribution in [0.4, 0.5) is 0 Å². The highest BCUT2D eigenvalue weighted by Gasteiger charge is 2.18. The van der Waals surface area contributed by atoms with Crippen LogP contribution in [0, 0.1) is 0 Å². The van der Waals surface area contributed by atoms with Gasteiger partial charge in [-0.3, -0.25) is 0 Å². The zero-order valence-corrected chi connectivity index (χ0v) is 9.97. The first-order chi connectivity index (χ1) is 7.74. The summed E-state index contributed by atoms with van der Waals surface area (Å²) in [6, 6.07) is 0. The molecule has 5 nitrogen and oxygen atoms in total. The second-order valence-electron chi connectivity index (χ2n) is 3.28. The van der Waals surface area contributed by atoms with Crippen molar-refractivity contribution in [3.63, 3.8) is 0 Å². The molecular formula is C11H18N2O3. The first-order valence-corrected chi connectivity index (χ1v) is 5.41. The van der Waals surface area contributed by atoms with Crippen LogP contribution in [0.1, 0.15) is 31.7 Å². The molecule has 1 aromatic rings. The van der Waals surface area contributed by atoms with E-state index in [0.717, 1.165) is 12.0 Å². The van der Waals surface area contributed by atoms with Crippen LogP contribution in [-0.2, 0) is 27.7 Å². The van der Waals surface area contributed by atoms with Crippen molar-refractivity contribution in [1.29, 1.82) is 0 Å². The molecule has 0 aromatic carbocycles. The Kier molecular flexibility index (Phi) is 5.14. The van der Waals surface area contributed by atoms with Crippen LogP contribution in [0.2, 0.25) is 0 Å². The third-order valence-electron chi connectivity index (χ3n) is 2.26. The smallest absolute Gasteiger partial charge is 0.217 e. The summed E-state index contributed by atoms with van der Waals surface area (Å²) >= 11 is 0. The molecule has 0 aliphatic heterocycles. The minimum atomic E-state index is -0.458. The largest absolute Gasteiger partial charge is 0.346 e. The fraction of sp³-hybridized carbons (Fsp3) is 0.636. The van der Waals surface area contributed by atoms with Gasteiger partial charge in [-0.15, -0.1) is 0 Å². The lowest BCUT2D eigenvalue weighted by Gasteiger charge is -2.16. The first kappa shape index (κ1) is 12.9. The zero-order valence-electron chi connectivity index (χ0n) is 9.97. The number of aldehydes is 1. The van der Waals surface area contributed by atoms with Gasteiger partial charge < -0.3 is 18.8 Å². The predicted octanol–water partition coefficient (Wildman–Crippen LogP) is 1.23. The molecule has 0 saturated heterocycles. The second-order valence-corrected chi connectivity index (χ2v) is 3.28. The van der Waals surface area contributed by atoms with Crippen LogP contribution < -0.4 is 0 Å². The van der Waals surface area contributed by atoms with Crippen molar-refractivity contribution in [3.05, 3.63) is 17.7 Å². The van der Waals surface area contributed by atoms with E-state index in [1.165, 1.54) is 0 Å². The van der Waals surface area contributed by atoms with Gasteiger partial charge in [0, 0.05) is 38.6 Å². The lowest BCUT2D eigenvalue weighted by atomic mass is 10.3. The van der Waals surface area contributed by atoms with Crippen molar-refractivity contribution in [2.45, 2.75) is 26.6 Å². The van der Waals surface area contributed by atoms with Crippen molar-refractivity contribution in [2.75, 3.05) is 13.2 Å². The maximum absolute atomic E-state index is 10.5. The molecule has 5 heteroatoms. The Balaban J connectivity index is 2.86. The fourth-order valence-electron chi connectivity index (χ4n) is 1.45. The van der Waals surface area contributed by atoms with Gasteiger partial charge in [0.25, 0.3) is 0 Å². The summed E-state index contributed by atoms with van der Waals surface area (Å²) < 4.78 is 12.7. The number of nitrogens with zero attached hydrogens (tertiary/aromatic N) is 2. The van der Waals surface area contributed by atoms with Crippen molar-refractivity contribution in [3.8, 4) is 0 Å². The van der Waals surface area contributed by atoms with E-state index < -0.39 is 6.29 Å². The molecule has 1 aromatic heterocycles. The van der Waals surface area contributed by atoms with E-state index in [1.807, 2.05) is 25.5 Å². The number of imidazole rings is 1. The van der Waals surface area contributed by atoms with Gasteiger partial charge >= 0.3 is 0 Å². The fourth-order valence-corrected chi connectivity index (χ4v) is 1.45. The minimum Gasteiger partial charge on any atom is -0.346 e. The van der Waals surface area contributed by atoms with Gasteiger partial charge in [-0.1, -0.05) is 0 Å². The zero-order chi connectivity index (χ0) is 12.0. The molecule has 0 spiro atoms. The average molecular weight is 226 g/mol. The first-order valence-electron chi connectivity index (χ1n) is 5.41. The maximum atomic E-state index is 10.5. The number of carbonyl (C=O) groups excluding carboxylic acids is 1. The summed E-state index contributed by atoms with van der Waals surface area (Å²) in [5, 5.41) is 0. The third-order valence-corrected chi connectivity index (χ3v) is 2.26. The molecule has 16 heavy (non-hydrogen) atoms. The lowest BCUT2D eigenvalue weighted by molar-refractivity contribution is -0.146. The molecule has 0 unspecified atom stereocenters. The van der Waals surface area contributed by atoms with Crippen LogP contribution >= 0.6 is 0 Å². The van der Waals surface area contributed by atoms with Crippen molar-refractivity contribution >= 4 is 6.29 Å². The number of ether oxygens (including phenoxy) is 2. The van der Waals surface area contributed by atoms with E-state index >= 15 is 0 Å². The highest BCUT2D eigenvalue weighted by Crippen LogP contribution is 2.18. The molecule has 90 valence electrons. The van der Waals surface area contributed by atoms with E-state index in [0.29, 0.717) is 25.5 Å². The molecule has 0 saturated carbocycles. The van der Waals surface area contributed by atoms with Crippen molar-refractivity contribution in [1.82, 2.24) is 9.55 Å². The van der Waals surface area contributed by atoms with Gasteiger partial charge in [0.05, 0.1) is 0 Å². The summed E-state index contributed by atoms with van der Waals surface area (Å²) in [6.07, 6.45) is 2.43. The van der Waals surface area contributed by atoms with Gasteiger partial charge in [-0.25, -0.2) is 4.98 Å². The van der Waals surface area contributed by atoms with Crippen LogP contribution in [0.25, 0.3) is 0 Å². The summed E-state index contributed by atoms with van der Waals surface area (Å²) in [5.41, 5.74) is 0.856. The Hall–Kier alpha value is -1.20. The van der Waals surface area contributed by atoms with E-state index in [2.05, 4.69) is 4.98 Å². The van der Waals surface area contributed by atoms with E-state index in [1.54, 1.807) is 6.20 Å². The molecule has 0 bridgehead atoms. The van der Waals surface area contributed by atoms with Gasteiger partial charge in [0.15, 0.2) is 5.82 Å². The molecule has 0 aliphatic carbocycles. The molecule has 0 fully saturated rings. The molecule has 0 radical (unpaired) electrons. The molecular weight excluding hydrogens is 208 g/mol. The molecule has 0 N–H and O–H groups in total. The normalized spacial score (nSPS) is 11.0. The van der Waals surface area contributed by atoms with Crippen molar-refractivity contribution in [2.24, 2.45) is 7.05 Å². The third kappa shape index (κ3) is 2.90. The standard InChI is InChI=1S/C11H18N2O3/c1-4-15-11(16-5-2)10-12-8-9(6-7-14)13(10)3/h7-8,11H,4-6H2,1-3H3. The number of rotatable bonds is 7. The number of aromatic nitrogens is 2. The Bertz CT molecular complexity index is 330. The number of carbonyl (C=O) groups is 1. The Morgan fingerprint density at radius 1 is 1.44 bits per heavy atom. The van der Waals surface area contributed by atoms with Gasteiger partial charge in [0.1, 0.15) is 6.29 Å². The Labute approximate surface area is 95.4 Å². The minimum absolute atomic E-state index is 0.356. The second kappa shape index (κ2) is 6.40. The summed E-state index contributed by atoms with van der Waals surface area (Å²) in [7, 11) is 1.85. The summed E-state index contributed by atoms with van der Waals surface area (Å²) in [6.45, 7) is 4.92. The summed E-state index contributed by atoms with van der Waals surface area (Å²) in [5.74, 6) is 0.695. The van der Waals surface area contributed by atoms with Crippen LogP contribution in [0.15, 0.2) is 6.20 Å². The van der Waals surface area contributed by atoms with Gasteiger partial charge in [0.2, 0.25) is 6.29 Å². The summed E-state index contributed by atoms with van der Waals surface area (Å²) in [4.78, 5) is 14.7. The average Bonchev–Trinajstić information content (AvgIpc) is 2.61. The SMILES string of the molecule is CCOC(OCC)c1ncc(CC=O)n1C. The van der Waals surface area contributed by atoms with Crippen molar-refractivity contribution < 1.29 is 14.3 Å². The topological polar surface area (TPSA) is 53.4 Å². The van der Waals surface area contributed by atoms with E-state index in [9.17, 15) is 4.79 Å². The van der Waals surface area contributed by atoms with Crippen LogP contribution in [0.5, 0.6) is 0 Å². The molecule has 0 amide bonds. The van der Waals surface area contributed by atoms with Gasteiger partial charge in [-0.05, 0) is 13.8 Å². The predicted molar refractivity (Wildman–Crippen MR) is 59.0 cm³/mol. The van der Waals surface area contributed by atoms with Crippen LogP contribution in [-0.4, -0.2) is 29.1 Å². The molecule has 0 aliphatic rings.